The maximum absolute atomic E-state index is 11.0. The van der Waals surface area contributed by atoms with Gasteiger partial charge in [0.1, 0.15) is 5.75 Å². The highest BCUT2D eigenvalue weighted by atomic mass is 16.5. The van der Waals surface area contributed by atoms with Crippen LogP contribution in [0.15, 0.2) is 24.3 Å². The molecule has 0 saturated carbocycles. The van der Waals surface area contributed by atoms with Gasteiger partial charge in [0.2, 0.25) is 0 Å². The van der Waals surface area contributed by atoms with Crippen molar-refractivity contribution in [2.45, 2.75) is 45.1 Å². The molecule has 0 radical (unpaired) electrons. The Bertz CT molecular complexity index is 421. The first-order chi connectivity index (χ1) is 9.68. The van der Waals surface area contributed by atoms with Crippen LogP contribution in [0.5, 0.6) is 5.75 Å². The van der Waals surface area contributed by atoms with Crippen molar-refractivity contribution in [2.75, 3.05) is 26.2 Å². The van der Waals surface area contributed by atoms with Crippen LogP contribution in [0.2, 0.25) is 0 Å². The number of hydrogen-bond acceptors (Lipinski definition) is 3. The van der Waals surface area contributed by atoms with Gasteiger partial charge in [0.25, 0.3) is 0 Å². The first-order valence-corrected chi connectivity index (χ1v) is 7.86. The molecule has 20 heavy (non-hydrogen) atoms. The van der Waals surface area contributed by atoms with E-state index >= 15 is 0 Å². The van der Waals surface area contributed by atoms with E-state index in [1.165, 1.54) is 6.42 Å². The second kappa shape index (κ2) is 7.09. The van der Waals surface area contributed by atoms with E-state index in [1.54, 1.807) is 0 Å². The topological polar surface area (TPSA) is 32.7 Å². The largest absolute Gasteiger partial charge is 0.494 e. The molecule has 1 aliphatic rings. The average molecular weight is 277 g/mol. The monoisotopic (exact) mass is 277 g/mol. The lowest BCUT2D eigenvalue weighted by molar-refractivity contribution is 0.0210. The normalized spacial score (nSPS) is 24.4. The summed E-state index contributed by atoms with van der Waals surface area (Å²) < 4.78 is 5.55. The van der Waals surface area contributed by atoms with Crippen LogP contribution < -0.4 is 4.74 Å². The molecule has 0 aliphatic carbocycles. The Morgan fingerprint density at radius 1 is 1.25 bits per heavy atom. The minimum atomic E-state index is -0.699. The van der Waals surface area contributed by atoms with Crippen LogP contribution in [0.1, 0.15) is 45.1 Å². The molecule has 1 aromatic rings. The predicted molar refractivity (Wildman–Crippen MR) is 82.1 cm³/mol. The highest BCUT2D eigenvalue weighted by molar-refractivity contribution is 5.32. The number of benzene rings is 1. The van der Waals surface area contributed by atoms with Crippen LogP contribution in [0, 0.1) is 0 Å². The second-order valence-electron chi connectivity index (χ2n) is 5.69. The zero-order valence-corrected chi connectivity index (χ0v) is 12.8. The minimum absolute atomic E-state index is 0.659. The van der Waals surface area contributed by atoms with Crippen LogP contribution in [-0.2, 0) is 5.60 Å². The first kappa shape index (κ1) is 15.3. The highest BCUT2D eigenvalue weighted by Crippen LogP contribution is 2.34. The summed E-state index contributed by atoms with van der Waals surface area (Å²) in [5.74, 6) is 0.855. The van der Waals surface area contributed by atoms with Gasteiger partial charge >= 0.3 is 0 Å². The van der Waals surface area contributed by atoms with E-state index in [0.717, 1.165) is 50.2 Å². The van der Waals surface area contributed by atoms with Gasteiger partial charge < -0.3 is 14.7 Å². The first-order valence-electron chi connectivity index (χ1n) is 7.86. The molecule has 1 heterocycles. The van der Waals surface area contributed by atoms with Crippen LogP contribution in [0.4, 0.5) is 0 Å². The molecular weight excluding hydrogens is 250 g/mol. The lowest BCUT2D eigenvalue weighted by Gasteiger charge is -2.28. The van der Waals surface area contributed by atoms with Gasteiger partial charge in [0, 0.05) is 6.54 Å². The van der Waals surface area contributed by atoms with Crippen molar-refractivity contribution >= 4 is 0 Å². The quantitative estimate of drug-likeness (QED) is 0.897. The molecule has 1 N–H and O–H groups in total. The molecule has 2 rings (SSSR count). The van der Waals surface area contributed by atoms with E-state index in [9.17, 15) is 5.11 Å². The molecule has 0 spiro atoms. The summed E-state index contributed by atoms with van der Waals surface area (Å²) in [7, 11) is 0. The van der Waals surface area contributed by atoms with Crippen molar-refractivity contribution < 1.29 is 9.84 Å². The number of nitrogens with zero attached hydrogens (tertiary/aromatic N) is 1. The lowest BCUT2D eigenvalue weighted by atomic mass is 9.87. The lowest BCUT2D eigenvalue weighted by Crippen LogP contribution is -2.29. The van der Waals surface area contributed by atoms with Gasteiger partial charge in [0.15, 0.2) is 0 Å². The molecule has 0 bridgehead atoms. The van der Waals surface area contributed by atoms with E-state index < -0.39 is 5.60 Å². The van der Waals surface area contributed by atoms with Crippen LogP contribution in [0.25, 0.3) is 0 Å². The second-order valence-corrected chi connectivity index (χ2v) is 5.69. The van der Waals surface area contributed by atoms with E-state index in [4.69, 9.17) is 4.74 Å². The van der Waals surface area contributed by atoms with Crippen molar-refractivity contribution in [3.63, 3.8) is 0 Å². The summed E-state index contributed by atoms with van der Waals surface area (Å²) in [6, 6.07) is 7.96. The molecule has 112 valence electrons. The zero-order valence-electron chi connectivity index (χ0n) is 12.8. The molecule has 1 unspecified atom stereocenters. The molecule has 1 aromatic carbocycles. The van der Waals surface area contributed by atoms with Crippen molar-refractivity contribution in [2.24, 2.45) is 0 Å². The van der Waals surface area contributed by atoms with E-state index in [1.807, 2.05) is 31.2 Å². The SMILES string of the molecule is CCCN1CCCC(O)(c2cccc(OCC)c2)CC1. The van der Waals surface area contributed by atoms with Gasteiger partial charge in [-0.2, -0.15) is 0 Å². The Balaban J connectivity index is 2.11. The zero-order chi connectivity index (χ0) is 14.4. The molecule has 0 aromatic heterocycles. The van der Waals surface area contributed by atoms with Crippen LogP contribution in [-0.4, -0.2) is 36.2 Å². The summed E-state index contributed by atoms with van der Waals surface area (Å²) in [6.45, 7) is 8.06. The number of hydrogen-bond donors (Lipinski definition) is 1. The summed E-state index contributed by atoms with van der Waals surface area (Å²) in [6.07, 6.45) is 3.87. The molecule has 3 nitrogen and oxygen atoms in total. The number of rotatable bonds is 5. The van der Waals surface area contributed by atoms with Gasteiger partial charge in [-0.3, -0.25) is 0 Å². The van der Waals surface area contributed by atoms with E-state index in [2.05, 4.69) is 11.8 Å². The Labute approximate surface area is 122 Å². The molecular formula is C17H27NO2. The fraction of sp³-hybridized carbons (Fsp3) is 0.647. The maximum Gasteiger partial charge on any atom is 0.119 e. The standard InChI is InChI=1S/C17H27NO2/c1-3-11-18-12-6-9-17(19,10-13-18)15-7-5-8-16(14-15)20-4-2/h5,7-8,14,19H,3-4,6,9-13H2,1-2H3. The summed E-state index contributed by atoms with van der Waals surface area (Å²) >= 11 is 0. The smallest absolute Gasteiger partial charge is 0.119 e. The summed E-state index contributed by atoms with van der Waals surface area (Å²) in [4.78, 5) is 2.46. The van der Waals surface area contributed by atoms with E-state index in [0.29, 0.717) is 6.61 Å². The van der Waals surface area contributed by atoms with Gasteiger partial charge in [-0.15, -0.1) is 0 Å². The summed E-state index contributed by atoms with van der Waals surface area (Å²) in [5, 5.41) is 11.0. The van der Waals surface area contributed by atoms with Gasteiger partial charge in [-0.05, 0) is 63.4 Å². The highest BCUT2D eigenvalue weighted by Gasteiger charge is 2.32. The molecule has 3 heteroatoms. The Kier molecular flexibility index (Phi) is 5.44. The van der Waals surface area contributed by atoms with Gasteiger partial charge in [-0.25, -0.2) is 0 Å². The molecule has 0 amide bonds. The van der Waals surface area contributed by atoms with E-state index in [-0.39, 0.29) is 0 Å². The number of likely N-dealkylation sites (tertiary alicyclic amines) is 1. The van der Waals surface area contributed by atoms with Crippen molar-refractivity contribution in [1.82, 2.24) is 4.90 Å². The average Bonchev–Trinajstić information content (AvgIpc) is 2.64. The van der Waals surface area contributed by atoms with Crippen molar-refractivity contribution in [3.8, 4) is 5.75 Å². The fourth-order valence-corrected chi connectivity index (χ4v) is 3.05. The van der Waals surface area contributed by atoms with Gasteiger partial charge in [0.05, 0.1) is 12.2 Å². The van der Waals surface area contributed by atoms with Crippen LogP contribution in [0.3, 0.4) is 0 Å². The Hall–Kier alpha value is -1.06. The molecule has 1 saturated heterocycles. The third-order valence-corrected chi connectivity index (χ3v) is 4.13. The Morgan fingerprint density at radius 3 is 2.85 bits per heavy atom. The summed E-state index contributed by atoms with van der Waals surface area (Å²) in [5.41, 5.74) is 0.303. The molecule has 1 aliphatic heterocycles. The number of aliphatic hydroxyl groups is 1. The number of ether oxygens (including phenoxy) is 1. The molecule has 1 fully saturated rings. The van der Waals surface area contributed by atoms with Crippen LogP contribution >= 0.6 is 0 Å². The third kappa shape index (κ3) is 3.74. The van der Waals surface area contributed by atoms with Crippen molar-refractivity contribution in [1.29, 1.82) is 0 Å². The van der Waals surface area contributed by atoms with Crippen molar-refractivity contribution in [3.05, 3.63) is 29.8 Å². The predicted octanol–water partition coefficient (Wildman–Crippen LogP) is 3.17. The maximum atomic E-state index is 11.0. The molecule has 1 atom stereocenters. The Morgan fingerprint density at radius 2 is 2.10 bits per heavy atom. The third-order valence-electron chi connectivity index (χ3n) is 4.13. The van der Waals surface area contributed by atoms with Gasteiger partial charge in [-0.1, -0.05) is 19.1 Å². The fourth-order valence-electron chi connectivity index (χ4n) is 3.05. The minimum Gasteiger partial charge on any atom is -0.494 e.